The van der Waals surface area contributed by atoms with Crippen LogP contribution in [0, 0.1) is 3.70 Å². The zero-order valence-electron chi connectivity index (χ0n) is 9.26. The van der Waals surface area contributed by atoms with E-state index in [1.54, 1.807) is 6.20 Å². The van der Waals surface area contributed by atoms with Crippen LogP contribution in [0.25, 0.3) is 0 Å². The Kier molecular flexibility index (Phi) is 5.27. The molecule has 6 heteroatoms. The Morgan fingerprint density at radius 3 is 2.67 bits per heavy atom. The van der Waals surface area contributed by atoms with Crippen LogP contribution in [0.2, 0.25) is 25.7 Å². The fourth-order valence-electron chi connectivity index (χ4n) is 0.967. The summed E-state index contributed by atoms with van der Waals surface area (Å²) in [4.78, 5) is 0. The van der Waals surface area contributed by atoms with Gasteiger partial charge in [0, 0.05) is 14.7 Å². The van der Waals surface area contributed by atoms with Gasteiger partial charge in [-0.3, -0.25) is 0 Å². The smallest absolute Gasteiger partial charge is 0.140 e. The van der Waals surface area contributed by atoms with Gasteiger partial charge < -0.3 is 4.74 Å². The molecule has 0 saturated heterocycles. The summed E-state index contributed by atoms with van der Waals surface area (Å²) in [6, 6.07) is 1.20. The number of halogens is 2. The van der Waals surface area contributed by atoms with Gasteiger partial charge in [-0.25, -0.2) is 4.68 Å². The van der Waals surface area contributed by atoms with E-state index < -0.39 is 8.07 Å². The minimum absolute atomic E-state index is 0.550. The van der Waals surface area contributed by atoms with Crippen molar-refractivity contribution in [2.24, 2.45) is 0 Å². The van der Waals surface area contributed by atoms with E-state index in [1.165, 1.54) is 6.04 Å². The third-order valence-electron chi connectivity index (χ3n) is 1.94. The van der Waals surface area contributed by atoms with Crippen LogP contribution in [-0.4, -0.2) is 24.5 Å². The first-order valence-electron chi connectivity index (χ1n) is 4.85. The molecule has 0 aliphatic rings. The Balaban J connectivity index is 2.30. The Bertz CT molecular complexity index is 324. The predicted molar refractivity (Wildman–Crippen MR) is 76.7 cm³/mol. The number of ether oxygens (including phenoxy) is 1. The van der Waals surface area contributed by atoms with Crippen LogP contribution in [0.15, 0.2) is 10.7 Å². The highest BCUT2D eigenvalue weighted by Gasteiger charge is 2.12. The first kappa shape index (κ1) is 13.7. The average molecular weight is 403 g/mol. The van der Waals surface area contributed by atoms with Crippen LogP contribution < -0.4 is 0 Å². The molecule has 0 atom stereocenters. The second-order valence-electron chi connectivity index (χ2n) is 4.63. The highest BCUT2D eigenvalue weighted by molar-refractivity contribution is 14.1. The lowest BCUT2D eigenvalue weighted by Gasteiger charge is -2.15. The van der Waals surface area contributed by atoms with Gasteiger partial charge in [0.05, 0.1) is 10.7 Å². The van der Waals surface area contributed by atoms with Gasteiger partial charge in [-0.2, -0.15) is 5.10 Å². The zero-order valence-corrected chi connectivity index (χ0v) is 14.0. The molecule has 0 aromatic carbocycles. The third-order valence-corrected chi connectivity index (χ3v) is 6.11. The zero-order chi connectivity index (χ0) is 11.5. The van der Waals surface area contributed by atoms with E-state index in [9.17, 15) is 0 Å². The molecule has 1 aromatic heterocycles. The normalized spacial score (nSPS) is 12.1. The van der Waals surface area contributed by atoms with Crippen molar-refractivity contribution < 1.29 is 4.74 Å². The van der Waals surface area contributed by atoms with Crippen LogP contribution in [-0.2, 0) is 11.5 Å². The van der Waals surface area contributed by atoms with Gasteiger partial charge in [0.1, 0.15) is 10.4 Å². The molecule has 0 aliphatic carbocycles. The number of aromatic nitrogens is 2. The van der Waals surface area contributed by atoms with Gasteiger partial charge in [-0.1, -0.05) is 19.6 Å². The molecule has 0 bridgehead atoms. The van der Waals surface area contributed by atoms with Crippen LogP contribution in [0.3, 0.4) is 0 Å². The Labute approximate surface area is 114 Å². The van der Waals surface area contributed by atoms with Crippen LogP contribution >= 0.6 is 38.5 Å². The van der Waals surface area contributed by atoms with E-state index in [4.69, 9.17) is 4.74 Å². The van der Waals surface area contributed by atoms with Crippen LogP contribution in [0.5, 0.6) is 0 Å². The standard InChI is InChI=1S/C9H16BrIN2OSi/c1-15(2,3)5-4-14-7-13-9(11)8(10)6-12-13/h6H,4-5,7H2,1-3H3. The molecule has 0 fully saturated rings. The second kappa shape index (κ2) is 5.79. The van der Waals surface area contributed by atoms with Gasteiger partial charge in [-0.15, -0.1) is 0 Å². The molecule has 0 unspecified atom stereocenters. The molecule has 0 radical (unpaired) electrons. The summed E-state index contributed by atoms with van der Waals surface area (Å²) in [5.74, 6) is 0. The molecule has 15 heavy (non-hydrogen) atoms. The summed E-state index contributed by atoms with van der Waals surface area (Å²) in [6.45, 7) is 8.44. The minimum Gasteiger partial charge on any atom is -0.359 e. The second-order valence-corrected chi connectivity index (χ2v) is 12.1. The summed E-state index contributed by atoms with van der Waals surface area (Å²) in [6.07, 6.45) is 1.80. The predicted octanol–water partition coefficient (Wildman–Crippen LogP) is 3.56. The molecule has 0 aliphatic heterocycles. The molecular formula is C9H16BrIN2OSi. The first-order valence-corrected chi connectivity index (χ1v) is 10.4. The summed E-state index contributed by atoms with van der Waals surface area (Å²) < 4.78 is 9.56. The lowest BCUT2D eigenvalue weighted by atomic mass is 10.7. The maximum Gasteiger partial charge on any atom is 0.140 e. The van der Waals surface area contributed by atoms with E-state index in [-0.39, 0.29) is 0 Å². The molecule has 0 spiro atoms. The van der Waals surface area contributed by atoms with Crippen molar-refractivity contribution in [3.05, 3.63) is 14.4 Å². The Morgan fingerprint density at radius 2 is 2.20 bits per heavy atom. The topological polar surface area (TPSA) is 27.1 Å². The number of hydrogen-bond donors (Lipinski definition) is 0. The number of nitrogens with zero attached hydrogens (tertiary/aromatic N) is 2. The van der Waals surface area contributed by atoms with E-state index in [0.717, 1.165) is 14.8 Å². The van der Waals surface area contributed by atoms with Crippen molar-refractivity contribution in [3.63, 3.8) is 0 Å². The van der Waals surface area contributed by atoms with Crippen molar-refractivity contribution >= 4 is 46.6 Å². The van der Waals surface area contributed by atoms with E-state index >= 15 is 0 Å². The van der Waals surface area contributed by atoms with Gasteiger partial charge >= 0.3 is 0 Å². The Morgan fingerprint density at radius 1 is 1.53 bits per heavy atom. The number of hydrogen-bond acceptors (Lipinski definition) is 2. The molecule has 1 heterocycles. The molecule has 3 nitrogen and oxygen atoms in total. The first-order chi connectivity index (χ1) is 6.90. The SMILES string of the molecule is C[Si](C)(C)CCOCn1ncc(Br)c1I. The van der Waals surface area contributed by atoms with Gasteiger partial charge in [-0.05, 0) is 44.6 Å². The summed E-state index contributed by atoms with van der Waals surface area (Å²) in [5.41, 5.74) is 0. The molecule has 0 amide bonds. The largest absolute Gasteiger partial charge is 0.359 e. The summed E-state index contributed by atoms with van der Waals surface area (Å²) in [7, 11) is -0.970. The maximum absolute atomic E-state index is 5.60. The van der Waals surface area contributed by atoms with Gasteiger partial charge in [0.15, 0.2) is 0 Å². The van der Waals surface area contributed by atoms with Crippen molar-refractivity contribution in [2.75, 3.05) is 6.61 Å². The van der Waals surface area contributed by atoms with Crippen LogP contribution in [0.4, 0.5) is 0 Å². The monoisotopic (exact) mass is 402 g/mol. The van der Waals surface area contributed by atoms with E-state index in [1.807, 2.05) is 4.68 Å². The molecule has 0 saturated carbocycles. The van der Waals surface area contributed by atoms with Gasteiger partial charge in [0.25, 0.3) is 0 Å². The highest BCUT2D eigenvalue weighted by atomic mass is 127. The summed E-state index contributed by atoms with van der Waals surface area (Å²) >= 11 is 5.67. The molecule has 1 rings (SSSR count). The van der Waals surface area contributed by atoms with Crippen molar-refractivity contribution in [1.29, 1.82) is 0 Å². The van der Waals surface area contributed by atoms with E-state index in [2.05, 4.69) is 63.3 Å². The minimum atomic E-state index is -0.970. The lowest BCUT2D eigenvalue weighted by Crippen LogP contribution is -2.22. The van der Waals surface area contributed by atoms with Gasteiger partial charge in [0.2, 0.25) is 0 Å². The van der Waals surface area contributed by atoms with Crippen LogP contribution in [0.1, 0.15) is 0 Å². The van der Waals surface area contributed by atoms with Crippen molar-refractivity contribution in [2.45, 2.75) is 32.4 Å². The fraction of sp³-hybridized carbons (Fsp3) is 0.667. The molecular weight excluding hydrogens is 387 g/mol. The summed E-state index contributed by atoms with van der Waals surface area (Å²) in [5, 5.41) is 4.20. The lowest BCUT2D eigenvalue weighted by molar-refractivity contribution is 0.0767. The molecule has 1 aromatic rings. The highest BCUT2D eigenvalue weighted by Crippen LogP contribution is 2.17. The molecule has 86 valence electrons. The average Bonchev–Trinajstić information content (AvgIpc) is 2.42. The van der Waals surface area contributed by atoms with Crippen molar-refractivity contribution in [1.82, 2.24) is 9.78 Å². The van der Waals surface area contributed by atoms with Crippen molar-refractivity contribution in [3.8, 4) is 0 Å². The third kappa shape index (κ3) is 4.97. The fourth-order valence-corrected chi connectivity index (χ4v) is 2.42. The number of rotatable bonds is 5. The quantitative estimate of drug-likeness (QED) is 0.427. The Hall–Kier alpha value is 0.597. The molecule has 0 N–H and O–H groups in total. The van der Waals surface area contributed by atoms with E-state index in [0.29, 0.717) is 6.73 Å². The maximum atomic E-state index is 5.60.